The second-order valence-corrected chi connectivity index (χ2v) is 4.46. The molecule has 0 saturated carbocycles. The van der Waals surface area contributed by atoms with Crippen molar-refractivity contribution in [3.8, 4) is 0 Å². The third-order valence-corrected chi connectivity index (χ3v) is 2.66. The number of benzene rings is 1. The highest BCUT2D eigenvalue weighted by atomic mass is 35.5. The molecule has 0 radical (unpaired) electrons. The van der Waals surface area contributed by atoms with Gasteiger partial charge in [0.15, 0.2) is 5.17 Å². The predicted molar refractivity (Wildman–Crippen MR) is 82.8 cm³/mol. The summed E-state index contributed by atoms with van der Waals surface area (Å²) in [6.07, 6.45) is 0. The van der Waals surface area contributed by atoms with Crippen LogP contribution in [-0.4, -0.2) is 30.8 Å². The zero-order valence-electron chi connectivity index (χ0n) is 12.1. The van der Waals surface area contributed by atoms with Crippen LogP contribution in [-0.2, 0) is 16.3 Å². The fourth-order valence-corrected chi connectivity index (χ4v) is 1.64. The van der Waals surface area contributed by atoms with Crippen LogP contribution in [0.1, 0.15) is 25.0 Å². The van der Waals surface area contributed by atoms with Crippen molar-refractivity contribution in [3.05, 3.63) is 35.4 Å². The van der Waals surface area contributed by atoms with Gasteiger partial charge in [-0.3, -0.25) is 4.99 Å². The van der Waals surface area contributed by atoms with Gasteiger partial charge >= 0.3 is 0 Å². The normalized spacial score (nSPS) is 12.1. The molecule has 0 spiro atoms. The van der Waals surface area contributed by atoms with Crippen molar-refractivity contribution < 1.29 is 9.68 Å². The standard InChI is InChI=1S/C14H18ClN3O2/c1-10(2)17-20-9-11-7-5-6-8-12(11)13(18-19-4)14(15)16-3/h5-8H,9H2,1-4H3/b16-14?,18-13-. The molecular formula is C14H18ClN3O2. The van der Waals surface area contributed by atoms with Crippen LogP contribution in [0, 0.1) is 0 Å². The minimum Gasteiger partial charge on any atom is -0.399 e. The van der Waals surface area contributed by atoms with Gasteiger partial charge in [0.2, 0.25) is 0 Å². The quantitative estimate of drug-likeness (QED) is 0.598. The highest BCUT2D eigenvalue weighted by Gasteiger charge is 2.14. The number of hydrogen-bond acceptors (Lipinski definition) is 5. The van der Waals surface area contributed by atoms with Gasteiger partial charge in [-0.25, -0.2) is 0 Å². The Morgan fingerprint density at radius 1 is 1.20 bits per heavy atom. The molecule has 0 aliphatic heterocycles. The van der Waals surface area contributed by atoms with Gasteiger partial charge in [0.05, 0.1) is 5.71 Å². The van der Waals surface area contributed by atoms with E-state index in [1.807, 2.05) is 38.1 Å². The number of nitrogens with zero attached hydrogens (tertiary/aromatic N) is 3. The molecule has 1 aromatic rings. The summed E-state index contributed by atoms with van der Waals surface area (Å²) in [5, 5.41) is 8.12. The first-order valence-corrected chi connectivity index (χ1v) is 6.43. The summed E-state index contributed by atoms with van der Waals surface area (Å²) in [6, 6.07) is 7.60. The van der Waals surface area contributed by atoms with E-state index in [0.717, 1.165) is 16.8 Å². The summed E-state index contributed by atoms with van der Waals surface area (Å²) < 4.78 is 0. The maximum absolute atomic E-state index is 6.07. The van der Waals surface area contributed by atoms with E-state index in [4.69, 9.17) is 21.3 Å². The Bertz CT molecular complexity index is 535. The first-order chi connectivity index (χ1) is 9.60. The molecule has 0 heterocycles. The molecule has 20 heavy (non-hydrogen) atoms. The zero-order chi connectivity index (χ0) is 15.0. The van der Waals surface area contributed by atoms with E-state index in [9.17, 15) is 0 Å². The Morgan fingerprint density at radius 2 is 1.90 bits per heavy atom. The Kier molecular flexibility index (Phi) is 6.73. The van der Waals surface area contributed by atoms with E-state index in [1.54, 1.807) is 7.05 Å². The molecule has 0 aliphatic carbocycles. The molecule has 0 N–H and O–H groups in total. The molecule has 0 bridgehead atoms. The van der Waals surface area contributed by atoms with Crippen molar-refractivity contribution in [1.29, 1.82) is 0 Å². The Morgan fingerprint density at radius 3 is 2.50 bits per heavy atom. The van der Waals surface area contributed by atoms with Crippen LogP contribution in [0.3, 0.4) is 0 Å². The lowest BCUT2D eigenvalue weighted by Gasteiger charge is -2.09. The molecule has 0 atom stereocenters. The van der Waals surface area contributed by atoms with Gasteiger partial charge in [0.1, 0.15) is 19.4 Å². The van der Waals surface area contributed by atoms with Crippen LogP contribution in [0.2, 0.25) is 0 Å². The van der Waals surface area contributed by atoms with E-state index >= 15 is 0 Å². The van der Waals surface area contributed by atoms with Gasteiger partial charge in [-0.1, -0.05) is 46.2 Å². The van der Waals surface area contributed by atoms with Crippen LogP contribution < -0.4 is 0 Å². The molecule has 0 fully saturated rings. The molecule has 0 unspecified atom stereocenters. The van der Waals surface area contributed by atoms with E-state index in [0.29, 0.717) is 12.3 Å². The van der Waals surface area contributed by atoms with Crippen LogP contribution in [0.4, 0.5) is 0 Å². The summed E-state index contributed by atoms with van der Waals surface area (Å²) in [6.45, 7) is 4.05. The third-order valence-electron chi connectivity index (χ3n) is 2.31. The average molecular weight is 296 g/mol. The molecular weight excluding hydrogens is 278 g/mol. The van der Waals surface area contributed by atoms with Crippen LogP contribution in [0.25, 0.3) is 0 Å². The maximum Gasteiger partial charge on any atom is 0.153 e. The lowest BCUT2D eigenvalue weighted by Crippen LogP contribution is -2.13. The number of oxime groups is 2. The van der Waals surface area contributed by atoms with Crippen molar-refractivity contribution in [2.75, 3.05) is 14.2 Å². The number of hydrogen-bond donors (Lipinski definition) is 0. The molecule has 0 aliphatic rings. The molecule has 0 aromatic heterocycles. The van der Waals surface area contributed by atoms with Crippen LogP contribution in [0.5, 0.6) is 0 Å². The second kappa shape index (κ2) is 8.32. The lowest BCUT2D eigenvalue weighted by atomic mass is 10.0. The van der Waals surface area contributed by atoms with Crippen LogP contribution >= 0.6 is 11.6 Å². The molecule has 1 rings (SSSR count). The smallest absolute Gasteiger partial charge is 0.153 e. The van der Waals surface area contributed by atoms with Gasteiger partial charge < -0.3 is 9.68 Å². The minimum absolute atomic E-state index is 0.273. The SMILES string of the molecule is CN=C(Cl)/C(=N\OC)c1ccccc1CON=C(C)C. The molecule has 108 valence electrons. The topological polar surface area (TPSA) is 55.5 Å². The van der Waals surface area contributed by atoms with Gasteiger partial charge in [0.25, 0.3) is 0 Å². The lowest BCUT2D eigenvalue weighted by molar-refractivity contribution is 0.130. The van der Waals surface area contributed by atoms with Gasteiger partial charge in [-0.15, -0.1) is 0 Å². The summed E-state index contributed by atoms with van der Waals surface area (Å²) in [4.78, 5) is 14.0. The summed E-state index contributed by atoms with van der Waals surface area (Å²) in [7, 11) is 3.06. The van der Waals surface area contributed by atoms with E-state index in [-0.39, 0.29) is 5.17 Å². The van der Waals surface area contributed by atoms with Crippen molar-refractivity contribution in [2.45, 2.75) is 20.5 Å². The Hall–Kier alpha value is -1.88. The zero-order valence-corrected chi connectivity index (χ0v) is 12.8. The molecule has 0 saturated heterocycles. The number of aliphatic imine (C=N–C) groups is 1. The number of rotatable bonds is 6. The van der Waals surface area contributed by atoms with Crippen LogP contribution in [0.15, 0.2) is 39.6 Å². The maximum atomic E-state index is 6.07. The summed E-state index contributed by atoms with van der Waals surface area (Å²) in [5.74, 6) is 0. The highest BCUT2D eigenvalue weighted by molar-refractivity contribution is 6.85. The summed E-state index contributed by atoms with van der Waals surface area (Å²) in [5.41, 5.74) is 3.01. The molecule has 0 amide bonds. The average Bonchev–Trinajstić information content (AvgIpc) is 2.44. The molecule has 6 heteroatoms. The van der Waals surface area contributed by atoms with Crippen molar-refractivity contribution in [3.63, 3.8) is 0 Å². The molecule has 5 nitrogen and oxygen atoms in total. The Balaban J connectivity index is 3.10. The number of halogens is 1. The highest BCUT2D eigenvalue weighted by Crippen LogP contribution is 2.14. The Labute approximate surface area is 123 Å². The van der Waals surface area contributed by atoms with E-state index in [1.165, 1.54) is 7.11 Å². The summed E-state index contributed by atoms with van der Waals surface area (Å²) >= 11 is 6.07. The third kappa shape index (κ3) is 4.66. The first-order valence-electron chi connectivity index (χ1n) is 6.05. The van der Waals surface area contributed by atoms with Crippen molar-refractivity contribution >= 4 is 28.2 Å². The monoisotopic (exact) mass is 295 g/mol. The fourth-order valence-electron chi connectivity index (χ4n) is 1.50. The second-order valence-electron chi connectivity index (χ2n) is 4.11. The van der Waals surface area contributed by atoms with Gasteiger partial charge in [0, 0.05) is 18.2 Å². The van der Waals surface area contributed by atoms with Gasteiger partial charge in [-0.05, 0) is 13.8 Å². The van der Waals surface area contributed by atoms with Crippen molar-refractivity contribution in [1.82, 2.24) is 0 Å². The van der Waals surface area contributed by atoms with E-state index < -0.39 is 0 Å². The largest absolute Gasteiger partial charge is 0.399 e. The van der Waals surface area contributed by atoms with Gasteiger partial charge in [-0.2, -0.15) is 0 Å². The van der Waals surface area contributed by atoms with Crippen molar-refractivity contribution in [2.24, 2.45) is 15.3 Å². The minimum atomic E-state index is 0.273. The first kappa shape index (κ1) is 16.2. The van der Waals surface area contributed by atoms with E-state index in [2.05, 4.69) is 15.3 Å². The molecule has 1 aromatic carbocycles. The predicted octanol–water partition coefficient (Wildman–Crippen LogP) is 3.22. The fraction of sp³-hybridized carbons (Fsp3) is 0.357.